The molecule has 0 spiro atoms. The molecule has 7 heteroatoms. The maximum atomic E-state index is 12.5. The Labute approximate surface area is 145 Å². The topological polar surface area (TPSA) is 75.2 Å². The van der Waals surface area contributed by atoms with E-state index in [4.69, 9.17) is 0 Å². The van der Waals surface area contributed by atoms with Crippen molar-refractivity contribution in [3.8, 4) is 0 Å². The molecule has 2 amide bonds. The van der Waals surface area contributed by atoms with Gasteiger partial charge in [-0.3, -0.25) is 9.59 Å². The van der Waals surface area contributed by atoms with Gasteiger partial charge >= 0.3 is 0 Å². The molecule has 128 valence electrons. The number of carbonyl (C=O) groups is 2. The molecular formula is C17H22N4O2S. The summed E-state index contributed by atoms with van der Waals surface area (Å²) < 4.78 is 0. The monoisotopic (exact) mass is 346 g/mol. The molecule has 0 radical (unpaired) electrons. The molecule has 24 heavy (non-hydrogen) atoms. The summed E-state index contributed by atoms with van der Waals surface area (Å²) in [7, 11) is 3.35. The number of thiazole rings is 1. The van der Waals surface area contributed by atoms with E-state index in [0.29, 0.717) is 22.0 Å². The van der Waals surface area contributed by atoms with Gasteiger partial charge in [-0.1, -0.05) is 20.8 Å². The molecule has 0 bridgehead atoms. The first kappa shape index (κ1) is 18.1. The Bertz CT molecular complexity index is 775. The van der Waals surface area contributed by atoms with Crippen molar-refractivity contribution in [3.05, 3.63) is 39.5 Å². The van der Waals surface area contributed by atoms with E-state index < -0.39 is 0 Å². The molecule has 0 saturated carbocycles. The molecule has 0 atom stereocenters. The number of nitrogens with one attached hydrogen (secondary N) is 1. The summed E-state index contributed by atoms with van der Waals surface area (Å²) in [6.07, 6.45) is 1.51. The lowest BCUT2D eigenvalue weighted by molar-refractivity contribution is 0.0827. The zero-order valence-electron chi connectivity index (χ0n) is 14.8. The third-order valence-electron chi connectivity index (χ3n) is 3.30. The zero-order chi connectivity index (χ0) is 18.1. The van der Waals surface area contributed by atoms with Crippen molar-refractivity contribution in [2.75, 3.05) is 19.4 Å². The SMILES string of the molecule is Cc1nc(C(C)(C)C)sc1C(=O)Nc1cc(C(=O)N(C)C)ccn1. The van der Waals surface area contributed by atoms with E-state index in [1.54, 1.807) is 26.2 Å². The molecule has 0 saturated heterocycles. The van der Waals surface area contributed by atoms with Crippen molar-refractivity contribution in [2.45, 2.75) is 33.1 Å². The fraction of sp³-hybridized carbons (Fsp3) is 0.412. The summed E-state index contributed by atoms with van der Waals surface area (Å²) in [6, 6.07) is 3.19. The van der Waals surface area contributed by atoms with Crippen LogP contribution in [0.25, 0.3) is 0 Å². The summed E-state index contributed by atoms with van der Waals surface area (Å²) in [5, 5.41) is 3.66. The van der Waals surface area contributed by atoms with E-state index in [-0.39, 0.29) is 17.2 Å². The van der Waals surface area contributed by atoms with Gasteiger partial charge in [0, 0.05) is 31.3 Å². The van der Waals surface area contributed by atoms with E-state index in [2.05, 4.69) is 36.1 Å². The van der Waals surface area contributed by atoms with E-state index >= 15 is 0 Å². The summed E-state index contributed by atoms with van der Waals surface area (Å²) in [5.74, 6) is -0.0582. The van der Waals surface area contributed by atoms with Gasteiger partial charge in [0.25, 0.3) is 11.8 Å². The predicted molar refractivity (Wildman–Crippen MR) is 95.8 cm³/mol. The van der Waals surface area contributed by atoms with Crippen molar-refractivity contribution in [2.24, 2.45) is 0 Å². The molecule has 1 N–H and O–H groups in total. The van der Waals surface area contributed by atoms with Crippen LogP contribution in [-0.2, 0) is 5.41 Å². The highest BCUT2D eigenvalue weighted by molar-refractivity contribution is 7.14. The maximum Gasteiger partial charge on any atom is 0.268 e. The van der Waals surface area contributed by atoms with E-state index in [0.717, 1.165) is 5.01 Å². The molecule has 2 heterocycles. The highest BCUT2D eigenvalue weighted by Gasteiger charge is 2.23. The molecule has 2 aromatic heterocycles. The Morgan fingerprint density at radius 2 is 1.92 bits per heavy atom. The van der Waals surface area contributed by atoms with Crippen LogP contribution in [0.3, 0.4) is 0 Å². The maximum absolute atomic E-state index is 12.5. The molecule has 2 aromatic rings. The summed E-state index contributed by atoms with van der Waals surface area (Å²) in [6.45, 7) is 8.00. The van der Waals surface area contributed by atoms with E-state index in [1.807, 2.05) is 6.92 Å². The van der Waals surface area contributed by atoms with Gasteiger partial charge in [-0.15, -0.1) is 11.3 Å². The van der Waals surface area contributed by atoms with Crippen molar-refractivity contribution in [1.82, 2.24) is 14.9 Å². The second-order valence-corrected chi connectivity index (χ2v) is 7.77. The first-order valence-electron chi connectivity index (χ1n) is 7.56. The lowest BCUT2D eigenvalue weighted by Gasteiger charge is -2.13. The Balaban J connectivity index is 2.23. The number of anilines is 1. The van der Waals surface area contributed by atoms with Gasteiger partial charge in [0.05, 0.1) is 10.7 Å². The van der Waals surface area contributed by atoms with Gasteiger partial charge in [0.2, 0.25) is 0 Å². The third-order valence-corrected chi connectivity index (χ3v) is 4.88. The molecule has 0 aromatic carbocycles. The van der Waals surface area contributed by atoms with Gasteiger partial charge < -0.3 is 10.2 Å². The van der Waals surface area contributed by atoms with Crippen molar-refractivity contribution >= 4 is 29.0 Å². The van der Waals surface area contributed by atoms with Crippen LogP contribution in [0.1, 0.15) is 51.5 Å². The minimum atomic E-state index is -0.262. The second-order valence-electron chi connectivity index (χ2n) is 6.77. The molecule has 6 nitrogen and oxygen atoms in total. The highest BCUT2D eigenvalue weighted by Crippen LogP contribution is 2.29. The molecular weight excluding hydrogens is 324 g/mol. The number of pyridine rings is 1. The molecule has 0 fully saturated rings. The van der Waals surface area contributed by atoms with Gasteiger partial charge in [0.1, 0.15) is 10.7 Å². The van der Waals surface area contributed by atoms with Gasteiger partial charge in [-0.05, 0) is 19.1 Å². The average Bonchev–Trinajstić information content (AvgIpc) is 2.89. The lowest BCUT2D eigenvalue weighted by atomic mass is 9.98. The van der Waals surface area contributed by atoms with Crippen LogP contribution in [0.15, 0.2) is 18.3 Å². The Kier molecular flexibility index (Phi) is 5.03. The van der Waals surface area contributed by atoms with Crippen LogP contribution < -0.4 is 5.32 Å². The van der Waals surface area contributed by atoms with Gasteiger partial charge in [-0.2, -0.15) is 0 Å². The minimum absolute atomic E-state index is 0.107. The molecule has 0 aliphatic rings. The summed E-state index contributed by atoms with van der Waals surface area (Å²) in [5.41, 5.74) is 1.06. The average molecular weight is 346 g/mol. The zero-order valence-corrected chi connectivity index (χ0v) is 15.6. The molecule has 0 aliphatic carbocycles. The molecule has 0 aliphatic heterocycles. The van der Waals surface area contributed by atoms with Gasteiger partial charge in [0.15, 0.2) is 0 Å². The predicted octanol–water partition coefficient (Wildman–Crippen LogP) is 3.10. The second kappa shape index (κ2) is 6.68. The van der Waals surface area contributed by atoms with Crippen molar-refractivity contribution < 1.29 is 9.59 Å². The number of nitrogens with zero attached hydrogens (tertiary/aromatic N) is 3. The molecule has 2 rings (SSSR count). The van der Waals surface area contributed by atoms with Crippen LogP contribution in [-0.4, -0.2) is 40.8 Å². The summed E-state index contributed by atoms with van der Waals surface area (Å²) in [4.78, 5) is 35.2. The van der Waals surface area contributed by atoms with E-state index in [1.165, 1.54) is 22.4 Å². The number of amides is 2. The minimum Gasteiger partial charge on any atom is -0.345 e. The Morgan fingerprint density at radius 1 is 1.25 bits per heavy atom. The third kappa shape index (κ3) is 3.97. The fourth-order valence-electron chi connectivity index (χ4n) is 1.99. The normalized spacial score (nSPS) is 11.2. The van der Waals surface area contributed by atoms with Crippen molar-refractivity contribution in [1.29, 1.82) is 0 Å². The van der Waals surface area contributed by atoms with Crippen LogP contribution in [0, 0.1) is 6.92 Å². The largest absolute Gasteiger partial charge is 0.345 e. The van der Waals surface area contributed by atoms with Crippen LogP contribution in [0.2, 0.25) is 0 Å². The smallest absolute Gasteiger partial charge is 0.268 e. The number of aromatic nitrogens is 2. The summed E-state index contributed by atoms with van der Waals surface area (Å²) >= 11 is 1.38. The van der Waals surface area contributed by atoms with Crippen LogP contribution in [0.5, 0.6) is 0 Å². The first-order chi connectivity index (χ1) is 11.1. The van der Waals surface area contributed by atoms with Crippen molar-refractivity contribution in [3.63, 3.8) is 0 Å². The van der Waals surface area contributed by atoms with Gasteiger partial charge in [-0.25, -0.2) is 9.97 Å². The molecule has 0 unspecified atom stereocenters. The Morgan fingerprint density at radius 3 is 2.46 bits per heavy atom. The lowest BCUT2D eigenvalue weighted by Crippen LogP contribution is -2.22. The fourth-order valence-corrected chi connectivity index (χ4v) is 3.01. The van der Waals surface area contributed by atoms with Crippen LogP contribution >= 0.6 is 11.3 Å². The number of hydrogen-bond acceptors (Lipinski definition) is 5. The number of rotatable bonds is 3. The number of hydrogen-bond donors (Lipinski definition) is 1. The number of carbonyl (C=O) groups excluding carboxylic acids is 2. The number of aryl methyl sites for hydroxylation is 1. The highest BCUT2D eigenvalue weighted by atomic mass is 32.1. The first-order valence-corrected chi connectivity index (χ1v) is 8.38. The van der Waals surface area contributed by atoms with E-state index in [9.17, 15) is 9.59 Å². The quantitative estimate of drug-likeness (QED) is 0.926. The van der Waals surface area contributed by atoms with Crippen LogP contribution in [0.4, 0.5) is 5.82 Å². The standard InChI is InChI=1S/C17H22N4O2S/c1-10-13(24-16(19-10)17(2,3)4)14(22)20-12-9-11(7-8-18-12)15(23)21(5)6/h7-9H,1-6H3,(H,18,20,22). The Hall–Kier alpha value is -2.28.